The van der Waals surface area contributed by atoms with Crippen LogP contribution in [0.3, 0.4) is 0 Å². The van der Waals surface area contributed by atoms with Gasteiger partial charge < -0.3 is 10.1 Å². The van der Waals surface area contributed by atoms with Crippen LogP contribution in [0.25, 0.3) is 0 Å². The molecular formula is C16H27NO. The fraction of sp³-hybridized carbons (Fsp3) is 0.625. The zero-order valence-corrected chi connectivity index (χ0v) is 12.2. The molecule has 1 saturated heterocycles. The van der Waals surface area contributed by atoms with E-state index in [1.54, 1.807) is 0 Å². The summed E-state index contributed by atoms with van der Waals surface area (Å²) in [7, 11) is 0. The highest BCUT2D eigenvalue weighted by molar-refractivity contribution is 5.46. The average molecular weight is 249 g/mol. The third kappa shape index (κ3) is 4.69. The second kappa shape index (κ2) is 8.15. The molecule has 0 aliphatic carbocycles. The minimum Gasteiger partial charge on any atom is -0.382 e. The third-order valence-electron chi connectivity index (χ3n) is 3.39. The van der Waals surface area contributed by atoms with Gasteiger partial charge in [-0.3, -0.25) is 0 Å². The molecule has 0 spiro atoms. The van der Waals surface area contributed by atoms with E-state index in [0.29, 0.717) is 6.04 Å². The van der Waals surface area contributed by atoms with Crippen molar-refractivity contribution in [1.82, 2.24) is 0 Å². The second-order valence-corrected chi connectivity index (χ2v) is 4.75. The summed E-state index contributed by atoms with van der Waals surface area (Å²) in [6, 6.07) is 9.11. The Morgan fingerprint density at radius 1 is 1.22 bits per heavy atom. The van der Waals surface area contributed by atoms with Gasteiger partial charge >= 0.3 is 0 Å². The maximum absolute atomic E-state index is 5.39. The van der Waals surface area contributed by atoms with Gasteiger partial charge in [0.15, 0.2) is 0 Å². The van der Waals surface area contributed by atoms with Crippen LogP contribution in [-0.4, -0.2) is 19.3 Å². The number of ether oxygens (including phenoxy) is 1. The quantitative estimate of drug-likeness (QED) is 0.864. The standard InChI is InChI=1S/C14H21NO.C2H6/c1-11-4-3-5-14(10-11)15-12(2)13-6-8-16-9-7-13;1-2/h3-5,10,12-13,15H,6-9H2,1-2H3;1-2H3. The van der Waals surface area contributed by atoms with Crippen molar-refractivity contribution >= 4 is 5.69 Å². The minimum atomic E-state index is 0.533. The highest BCUT2D eigenvalue weighted by atomic mass is 16.5. The summed E-state index contributed by atoms with van der Waals surface area (Å²) in [5, 5.41) is 3.60. The minimum absolute atomic E-state index is 0.533. The van der Waals surface area contributed by atoms with Gasteiger partial charge in [-0.1, -0.05) is 26.0 Å². The van der Waals surface area contributed by atoms with Gasteiger partial charge in [0.2, 0.25) is 0 Å². The van der Waals surface area contributed by atoms with E-state index in [0.717, 1.165) is 19.1 Å². The van der Waals surface area contributed by atoms with Crippen LogP contribution < -0.4 is 5.32 Å². The molecule has 0 amide bonds. The number of anilines is 1. The van der Waals surface area contributed by atoms with Crippen molar-refractivity contribution in [1.29, 1.82) is 0 Å². The van der Waals surface area contributed by atoms with Crippen LogP contribution in [0.1, 0.15) is 39.2 Å². The Hall–Kier alpha value is -1.02. The lowest BCUT2D eigenvalue weighted by Gasteiger charge is -2.29. The fourth-order valence-electron chi connectivity index (χ4n) is 2.33. The second-order valence-electron chi connectivity index (χ2n) is 4.75. The van der Waals surface area contributed by atoms with E-state index < -0.39 is 0 Å². The maximum atomic E-state index is 5.39. The van der Waals surface area contributed by atoms with Gasteiger partial charge in [-0.2, -0.15) is 0 Å². The van der Waals surface area contributed by atoms with Gasteiger partial charge in [-0.05, 0) is 50.3 Å². The third-order valence-corrected chi connectivity index (χ3v) is 3.39. The van der Waals surface area contributed by atoms with E-state index in [9.17, 15) is 0 Å². The molecule has 18 heavy (non-hydrogen) atoms. The summed E-state index contributed by atoms with van der Waals surface area (Å²) in [6.45, 7) is 10.2. The predicted molar refractivity (Wildman–Crippen MR) is 79.2 cm³/mol. The molecular weight excluding hydrogens is 222 g/mol. The van der Waals surface area contributed by atoms with Crippen molar-refractivity contribution in [2.24, 2.45) is 5.92 Å². The van der Waals surface area contributed by atoms with Crippen LogP contribution in [0, 0.1) is 12.8 Å². The van der Waals surface area contributed by atoms with Crippen molar-refractivity contribution in [3.63, 3.8) is 0 Å². The zero-order valence-electron chi connectivity index (χ0n) is 12.2. The molecule has 1 aromatic rings. The van der Waals surface area contributed by atoms with E-state index in [4.69, 9.17) is 4.74 Å². The SMILES string of the molecule is CC.Cc1cccc(NC(C)C2CCOCC2)c1. The normalized spacial score (nSPS) is 17.6. The van der Waals surface area contributed by atoms with E-state index in [2.05, 4.69) is 43.4 Å². The van der Waals surface area contributed by atoms with E-state index in [1.807, 2.05) is 13.8 Å². The van der Waals surface area contributed by atoms with Crippen LogP contribution in [0.15, 0.2) is 24.3 Å². The fourth-order valence-corrected chi connectivity index (χ4v) is 2.33. The molecule has 1 aliphatic rings. The van der Waals surface area contributed by atoms with Gasteiger partial charge in [-0.15, -0.1) is 0 Å². The molecule has 1 unspecified atom stereocenters. The van der Waals surface area contributed by atoms with E-state index in [-0.39, 0.29) is 0 Å². The van der Waals surface area contributed by atoms with Crippen molar-refractivity contribution in [2.45, 2.75) is 46.6 Å². The first-order valence-corrected chi connectivity index (χ1v) is 7.16. The van der Waals surface area contributed by atoms with E-state index >= 15 is 0 Å². The number of hydrogen-bond donors (Lipinski definition) is 1. The molecule has 2 nitrogen and oxygen atoms in total. The molecule has 1 N–H and O–H groups in total. The monoisotopic (exact) mass is 249 g/mol. The summed E-state index contributed by atoms with van der Waals surface area (Å²) in [6.07, 6.45) is 2.36. The van der Waals surface area contributed by atoms with Crippen molar-refractivity contribution in [3.8, 4) is 0 Å². The molecule has 0 saturated carbocycles. The summed E-state index contributed by atoms with van der Waals surface area (Å²) < 4.78 is 5.39. The summed E-state index contributed by atoms with van der Waals surface area (Å²) in [4.78, 5) is 0. The first-order valence-electron chi connectivity index (χ1n) is 7.16. The van der Waals surface area contributed by atoms with Crippen LogP contribution >= 0.6 is 0 Å². The lowest BCUT2D eigenvalue weighted by atomic mass is 9.93. The molecule has 1 aromatic carbocycles. The van der Waals surface area contributed by atoms with Crippen molar-refractivity contribution < 1.29 is 4.74 Å². The van der Waals surface area contributed by atoms with Gasteiger partial charge in [0.1, 0.15) is 0 Å². The van der Waals surface area contributed by atoms with Crippen LogP contribution in [0.4, 0.5) is 5.69 Å². The lowest BCUT2D eigenvalue weighted by molar-refractivity contribution is 0.0622. The first-order chi connectivity index (χ1) is 8.75. The lowest BCUT2D eigenvalue weighted by Crippen LogP contribution is -2.30. The molecule has 0 bridgehead atoms. The molecule has 1 atom stereocenters. The topological polar surface area (TPSA) is 21.3 Å². The van der Waals surface area contributed by atoms with Gasteiger partial charge in [0.25, 0.3) is 0 Å². The Morgan fingerprint density at radius 3 is 2.50 bits per heavy atom. The van der Waals surface area contributed by atoms with Gasteiger partial charge in [0, 0.05) is 24.9 Å². The number of rotatable bonds is 3. The number of aryl methyl sites for hydroxylation is 1. The average Bonchev–Trinajstić information content (AvgIpc) is 2.42. The largest absolute Gasteiger partial charge is 0.382 e. The smallest absolute Gasteiger partial charge is 0.0469 e. The Morgan fingerprint density at radius 2 is 1.89 bits per heavy atom. The Labute approximate surface area is 112 Å². The molecule has 2 heteroatoms. The highest BCUT2D eigenvalue weighted by Gasteiger charge is 2.20. The van der Waals surface area contributed by atoms with Gasteiger partial charge in [0.05, 0.1) is 0 Å². The molecule has 0 aromatic heterocycles. The van der Waals surface area contributed by atoms with Crippen molar-refractivity contribution in [2.75, 3.05) is 18.5 Å². The first kappa shape index (κ1) is 15.0. The Balaban J connectivity index is 0.000000771. The van der Waals surface area contributed by atoms with E-state index in [1.165, 1.54) is 24.1 Å². The molecule has 2 rings (SSSR count). The van der Waals surface area contributed by atoms with Gasteiger partial charge in [-0.25, -0.2) is 0 Å². The van der Waals surface area contributed by atoms with Crippen LogP contribution in [0.2, 0.25) is 0 Å². The number of hydrogen-bond acceptors (Lipinski definition) is 2. The molecule has 1 heterocycles. The Kier molecular flexibility index (Phi) is 6.81. The number of benzene rings is 1. The molecule has 102 valence electrons. The predicted octanol–water partition coefficient (Wildman–Crippen LogP) is 4.25. The van der Waals surface area contributed by atoms with Crippen LogP contribution in [-0.2, 0) is 4.74 Å². The van der Waals surface area contributed by atoms with Crippen LogP contribution in [0.5, 0.6) is 0 Å². The highest BCUT2D eigenvalue weighted by Crippen LogP contribution is 2.22. The summed E-state index contributed by atoms with van der Waals surface area (Å²) in [5.74, 6) is 0.745. The molecule has 1 fully saturated rings. The summed E-state index contributed by atoms with van der Waals surface area (Å²) in [5.41, 5.74) is 2.54. The molecule has 1 aliphatic heterocycles. The Bertz CT molecular complexity index is 332. The zero-order chi connectivity index (χ0) is 13.4. The van der Waals surface area contributed by atoms with Crippen molar-refractivity contribution in [3.05, 3.63) is 29.8 Å². The molecule has 0 radical (unpaired) electrons. The number of nitrogens with one attached hydrogen (secondary N) is 1. The summed E-state index contributed by atoms with van der Waals surface area (Å²) >= 11 is 0. The maximum Gasteiger partial charge on any atom is 0.0469 e.